The van der Waals surface area contributed by atoms with E-state index >= 15 is 0 Å². The molecule has 1 N–H and O–H groups in total. The van der Waals surface area contributed by atoms with Gasteiger partial charge in [0.05, 0.1) is 0 Å². The predicted octanol–water partition coefficient (Wildman–Crippen LogP) is 1.19. The Bertz CT molecular complexity index is 508. The number of rotatable bonds is 3. The highest BCUT2D eigenvalue weighted by atomic mass is 79.9. The van der Waals surface area contributed by atoms with Crippen molar-refractivity contribution >= 4 is 21.9 Å². The average Bonchev–Trinajstić information content (AvgIpc) is 2.66. The lowest BCUT2D eigenvalue weighted by atomic mass is 10.2. The van der Waals surface area contributed by atoms with E-state index in [1.165, 1.54) is 0 Å². The first-order chi connectivity index (χ1) is 7.65. The van der Waals surface area contributed by atoms with Crippen molar-refractivity contribution in [2.24, 2.45) is 0 Å². The highest BCUT2D eigenvalue weighted by Gasteiger charge is 2.07. The molecule has 7 heteroatoms. The minimum Gasteiger partial charge on any atom is -0.480 e. The summed E-state index contributed by atoms with van der Waals surface area (Å²) in [7, 11) is 0. The topological polar surface area (TPSA) is 80.9 Å². The summed E-state index contributed by atoms with van der Waals surface area (Å²) in [5.41, 5.74) is 0.792. The maximum absolute atomic E-state index is 10.4. The second-order valence-corrected chi connectivity index (χ2v) is 3.96. The maximum Gasteiger partial charge on any atom is 0.327 e. The minimum absolute atomic E-state index is 0.288. The minimum atomic E-state index is -1.00. The summed E-state index contributed by atoms with van der Waals surface area (Å²) in [6.45, 7) is -0.288. The molecule has 0 fully saturated rings. The number of carbonyl (C=O) groups is 1. The molecule has 1 aromatic heterocycles. The Morgan fingerprint density at radius 3 is 2.69 bits per heavy atom. The number of aromatic nitrogens is 4. The van der Waals surface area contributed by atoms with Gasteiger partial charge in [-0.2, -0.15) is 4.80 Å². The molecular formula is C9H7BrN4O2. The molecule has 0 saturated carbocycles. The van der Waals surface area contributed by atoms with Crippen molar-refractivity contribution in [2.45, 2.75) is 6.54 Å². The summed E-state index contributed by atoms with van der Waals surface area (Å²) < 4.78 is 0.953. The van der Waals surface area contributed by atoms with Gasteiger partial charge in [-0.25, -0.2) is 0 Å². The summed E-state index contributed by atoms with van der Waals surface area (Å²) in [5.74, 6) is -0.589. The molecule has 2 rings (SSSR count). The van der Waals surface area contributed by atoms with Gasteiger partial charge in [-0.05, 0) is 29.5 Å². The lowest BCUT2D eigenvalue weighted by Crippen LogP contribution is -2.11. The van der Waals surface area contributed by atoms with Crippen LogP contribution < -0.4 is 0 Å². The summed E-state index contributed by atoms with van der Waals surface area (Å²) in [4.78, 5) is 11.5. The number of benzene rings is 1. The third kappa shape index (κ3) is 2.43. The van der Waals surface area contributed by atoms with Gasteiger partial charge in [0.15, 0.2) is 6.54 Å². The zero-order chi connectivity index (χ0) is 11.5. The first-order valence-corrected chi connectivity index (χ1v) is 5.20. The largest absolute Gasteiger partial charge is 0.480 e. The Kier molecular flexibility index (Phi) is 2.95. The van der Waals surface area contributed by atoms with Crippen LogP contribution in [0, 0.1) is 0 Å². The fourth-order valence-corrected chi connectivity index (χ4v) is 1.41. The highest BCUT2D eigenvalue weighted by Crippen LogP contribution is 2.17. The summed E-state index contributed by atoms with van der Waals surface area (Å²) in [6, 6.07) is 7.36. The van der Waals surface area contributed by atoms with E-state index in [1.807, 2.05) is 24.3 Å². The van der Waals surface area contributed by atoms with Crippen LogP contribution in [0.2, 0.25) is 0 Å². The third-order valence-electron chi connectivity index (χ3n) is 1.83. The molecule has 82 valence electrons. The Balaban J connectivity index is 2.24. The van der Waals surface area contributed by atoms with Crippen LogP contribution in [-0.4, -0.2) is 31.3 Å². The normalized spacial score (nSPS) is 10.3. The van der Waals surface area contributed by atoms with Gasteiger partial charge in [0.25, 0.3) is 0 Å². The molecule has 1 aromatic carbocycles. The van der Waals surface area contributed by atoms with Gasteiger partial charge >= 0.3 is 5.97 Å². The summed E-state index contributed by atoms with van der Waals surface area (Å²) in [5, 5.41) is 19.9. The predicted molar refractivity (Wildman–Crippen MR) is 58.6 cm³/mol. The van der Waals surface area contributed by atoms with E-state index in [0.29, 0.717) is 5.82 Å². The van der Waals surface area contributed by atoms with Crippen molar-refractivity contribution in [2.75, 3.05) is 0 Å². The van der Waals surface area contributed by atoms with E-state index < -0.39 is 5.97 Å². The van der Waals surface area contributed by atoms with E-state index in [9.17, 15) is 4.79 Å². The Hall–Kier alpha value is -1.76. The molecule has 2 aromatic rings. The number of halogens is 1. The molecule has 0 radical (unpaired) electrons. The highest BCUT2D eigenvalue weighted by molar-refractivity contribution is 9.10. The Labute approximate surface area is 99.0 Å². The van der Waals surface area contributed by atoms with Crippen LogP contribution in [0.25, 0.3) is 11.4 Å². The van der Waals surface area contributed by atoms with Crippen LogP contribution in [0.5, 0.6) is 0 Å². The van der Waals surface area contributed by atoms with Crippen molar-refractivity contribution in [1.82, 2.24) is 20.2 Å². The lowest BCUT2D eigenvalue weighted by molar-refractivity contribution is -0.138. The number of carboxylic acids is 1. The van der Waals surface area contributed by atoms with Crippen molar-refractivity contribution in [1.29, 1.82) is 0 Å². The van der Waals surface area contributed by atoms with Crippen LogP contribution in [0.15, 0.2) is 28.7 Å². The first kappa shape index (κ1) is 10.7. The monoisotopic (exact) mass is 282 g/mol. The Morgan fingerprint density at radius 2 is 2.06 bits per heavy atom. The number of tetrazole rings is 1. The van der Waals surface area contributed by atoms with Crippen molar-refractivity contribution in [3.05, 3.63) is 28.7 Å². The average molecular weight is 283 g/mol. The van der Waals surface area contributed by atoms with Gasteiger partial charge in [0.1, 0.15) is 0 Å². The number of hydrogen-bond donors (Lipinski definition) is 1. The zero-order valence-electron chi connectivity index (χ0n) is 8.04. The molecule has 0 unspecified atom stereocenters. The van der Waals surface area contributed by atoms with Crippen molar-refractivity contribution in [3.8, 4) is 11.4 Å². The lowest BCUT2D eigenvalue weighted by Gasteiger charge is -1.94. The van der Waals surface area contributed by atoms with Crippen LogP contribution in [-0.2, 0) is 11.3 Å². The molecular weight excluding hydrogens is 276 g/mol. The van der Waals surface area contributed by atoms with E-state index in [2.05, 4.69) is 31.3 Å². The number of aliphatic carboxylic acids is 1. The zero-order valence-corrected chi connectivity index (χ0v) is 9.62. The van der Waals surface area contributed by atoms with E-state index in [1.54, 1.807) is 0 Å². The number of nitrogens with zero attached hydrogens (tertiary/aromatic N) is 4. The second-order valence-electron chi connectivity index (χ2n) is 3.04. The SMILES string of the molecule is O=C(O)Cn1nnc(-c2ccc(Br)cc2)n1. The van der Waals surface area contributed by atoms with Gasteiger partial charge in [-0.3, -0.25) is 4.79 Å². The van der Waals surface area contributed by atoms with Crippen molar-refractivity contribution < 1.29 is 9.90 Å². The molecule has 6 nitrogen and oxygen atoms in total. The van der Waals surface area contributed by atoms with E-state index in [0.717, 1.165) is 14.8 Å². The Morgan fingerprint density at radius 1 is 1.38 bits per heavy atom. The fourth-order valence-electron chi connectivity index (χ4n) is 1.15. The molecule has 0 atom stereocenters. The van der Waals surface area contributed by atoms with E-state index in [4.69, 9.17) is 5.11 Å². The van der Waals surface area contributed by atoms with Gasteiger partial charge < -0.3 is 5.11 Å². The molecule has 1 heterocycles. The molecule has 16 heavy (non-hydrogen) atoms. The first-order valence-electron chi connectivity index (χ1n) is 4.41. The standard InChI is InChI=1S/C9H7BrN4O2/c10-7-3-1-6(2-4-7)9-11-13-14(12-9)5-8(15)16/h1-4H,5H2,(H,15,16). The molecule has 0 aliphatic carbocycles. The van der Waals surface area contributed by atoms with E-state index in [-0.39, 0.29) is 6.54 Å². The molecule has 0 aliphatic rings. The van der Waals surface area contributed by atoms with Crippen LogP contribution in [0.3, 0.4) is 0 Å². The number of hydrogen-bond acceptors (Lipinski definition) is 4. The molecule has 0 aliphatic heterocycles. The van der Waals surface area contributed by atoms with Gasteiger partial charge in [-0.15, -0.1) is 10.2 Å². The second kappa shape index (κ2) is 4.40. The molecule has 0 spiro atoms. The van der Waals surface area contributed by atoms with Gasteiger partial charge in [-0.1, -0.05) is 15.9 Å². The summed E-state index contributed by atoms with van der Waals surface area (Å²) in [6.07, 6.45) is 0. The van der Waals surface area contributed by atoms with Gasteiger partial charge in [0.2, 0.25) is 5.82 Å². The fraction of sp³-hybridized carbons (Fsp3) is 0.111. The van der Waals surface area contributed by atoms with Gasteiger partial charge in [0, 0.05) is 10.0 Å². The van der Waals surface area contributed by atoms with Crippen LogP contribution in [0.1, 0.15) is 0 Å². The van der Waals surface area contributed by atoms with Crippen LogP contribution >= 0.6 is 15.9 Å². The molecule has 0 saturated heterocycles. The van der Waals surface area contributed by atoms with Crippen LogP contribution in [0.4, 0.5) is 0 Å². The smallest absolute Gasteiger partial charge is 0.327 e. The number of carboxylic acid groups (broad SMARTS) is 1. The quantitative estimate of drug-likeness (QED) is 0.915. The molecule has 0 bridgehead atoms. The van der Waals surface area contributed by atoms with Crippen molar-refractivity contribution in [3.63, 3.8) is 0 Å². The third-order valence-corrected chi connectivity index (χ3v) is 2.36. The molecule has 0 amide bonds. The summed E-state index contributed by atoms with van der Waals surface area (Å²) >= 11 is 3.32. The maximum atomic E-state index is 10.4.